The van der Waals surface area contributed by atoms with Crippen LogP contribution in [0.1, 0.15) is 10.4 Å². The topological polar surface area (TPSA) is 77.0 Å². The highest BCUT2D eigenvalue weighted by atomic mass is 79.9. The molecule has 3 heterocycles. The van der Waals surface area contributed by atoms with Crippen molar-refractivity contribution in [2.24, 2.45) is 0 Å². The van der Waals surface area contributed by atoms with E-state index in [-0.39, 0.29) is 18.4 Å². The van der Waals surface area contributed by atoms with Gasteiger partial charge in [0.05, 0.1) is 17.6 Å². The summed E-state index contributed by atoms with van der Waals surface area (Å²) in [5.74, 6) is 0.344. The first-order chi connectivity index (χ1) is 13.6. The molecule has 4 rings (SSSR count). The summed E-state index contributed by atoms with van der Waals surface area (Å²) in [6, 6.07) is 13.0. The van der Waals surface area contributed by atoms with Crippen molar-refractivity contribution in [3.05, 3.63) is 64.9 Å². The largest absolute Gasteiger partial charge is 0.465 e. The number of carbonyl (C=O) groups is 1. The Labute approximate surface area is 189 Å². The Balaban J connectivity index is 0.00000240. The summed E-state index contributed by atoms with van der Waals surface area (Å²) < 4.78 is 5.61. The molecule has 0 aliphatic heterocycles. The van der Waals surface area contributed by atoms with Crippen molar-refractivity contribution in [3.8, 4) is 0 Å². The van der Waals surface area contributed by atoms with E-state index < -0.39 is 0 Å². The maximum Gasteiger partial charge on any atom is 0.337 e. The third-order valence-electron chi connectivity index (χ3n) is 3.71. The van der Waals surface area contributed by atoms with E-state index in [1.165, 1.54) is 30.2 Å². The van der Waals surface area contributed by atoms with Crippen LogP contribution < -0.4 is 5.32 Å². The third kappa shape index (κ3) is 5.05. The number of methoxy groups -OCH3 is 1. The van der Waals surface area contributed by atoms with Gasteiger partial charge in [0.25, 0.3) is 0 Å². The van der Waals surface area contributed by atoms with Crippen molar-refractivity contribution in [2.45, 2.75) is 9.79 Å². The van der Waals surface area contributed by atoms with E-state index in [2.05, 4.69) is 36.2 Å². The molecule has 0 saturated heterocycles. The molecule has 0 bridgehead atoms. The van der Waals surface area contributed by atoms with Crippen LogP contribution in [0.5, 0.6) is 0 Å². The predicted molar refractivity (Wildman–Crippen MR) is 122 cm³/mol. The zero-order chi connectivity index (χ0) is 19.5. The Morgan fingerprint density at radius 1 is 1.21 bits per heavy atom. The van der Waals surface area contributed by atoms with Crippen LogP contribution in [0.4, 0.5) is 10.9 Å². The van der Waals surface area contributed by atoms with Crippen LogP contribution in [0.25, 0.3) is 10.3 Å². The van der Waals surface area contributed by atoms with E-state index in [1.807, 2.05) is 30.3 Å². The minimum Gasteiger partial charge on any atom is -0.465 e. The van der Waals surface area contributed by atoms with Crippen LogP contribution in [0.2, 0.25) is 0 Å². The summed E-state index contributed by atoms with van der Waals surface area (Å²) in [5.41, 5.74) is 1.36. The molecule has 3 aromatic heterocycles. The summed E-state index contributed by atoms with van der Waals surface area (Å²) >= 11 is 6.49. The summed E-state index contributed by atoms with van der Waals surface area (Å²) in [4.78, 5) is 27.7. The lowest BCUT2D eigenvalue weighted by molar-refractivity contribution is 0.0600. The average Bonchev–Trinajstić information content (AvgIpc) is 3.12. The van der Waals surface area contributed by atoms with Crippen molar-refractivity contribution < 1.29 is 9.53 Å². The fourth-order valence-electron chi connectivity index (χ4n) is 2.42. The molecule has 6 nitrogen and oxygen atoms in total. The Bertz CT molecular complexity index is 1120. The highest BCUT2D eigenvalue weighted by Crippen LogP contribution is 2.36. The van der Waals surface area contributed by atoms with Crippen LogP contribution in [-0.2, 0) is 4.74 Å². The molecule has 0 aliphatic rings. The van der Waals surface area contributed by atoms with Gasteiger partial charge in [-0.1, -0.05) is 23.1 Å². The Kier molecular flexibility index (Phi) is 7.07. The number of benzene rings is 1. The lowest BCUT2D eigenvalue weighted by Gasteiger charge is -2.09. The van der Waals surface area contributed by atoms with Crippen LogP contribution in [0.15, 0.2) is 69.1 Å². The quantitative estimate of drug-likeness (QED) is 0.333. The maximum atomic E-state index is 11.6. The van der Waals surface area contributed by atoms with E-state index in [0.717, 1.165) is 29.7 Å². The zero-order valence-electron chi connectivity index (χ0n) is 15.0. The molecule has 1 N–H and O–H groups in total. The molecule has 0 fully saturated rings. The maximum absolute atomic E-state index is 11.6. The van der Waals surface area contributed by atoms with Gasteiger partial charge < -0.3 is 10.1 Å². The fourth-order valence-corrected chi connectivity index (χ4v) is 4.62. The number of pyridine rings is 2. The van der Waals surface area contributed by atoms with Crippen molar-refractivity contribution in [1.29, 1.82) is 0 Å². The number of ether oxygens (including phenoxy) is 1. The molecule has 1 aromatic carbocycles. The van der Waals surface area contributed by atoms with Gasteiger partial charge in [0.15, 0.2) is 5.13 Å². The van der Waals surface area contributed by atoms with Crippen LogP contribution in [0, 0.1) is 0 Å². The van der Waals surface area contributed by atoms with Crippen LogP contribution in [-0.4, -0.2) is 28.0 Å². The second kappa shape index (κ2) is 9.53. The number of hydrogen-bond acceptors (Lipinski definition) is 8. The molecule has 0 spiro atoms. The van der Waals surface area contributed by atoms with Crippen molar-refractivity contribution in [2.75, 3.05) is 12.4 Å². The molecule has 0 saturated carbocycles. The molecule has 4 aromatic rings. The number of halogens is 2. The lowest BCUT2D eigenvalue weighted by atomic mass is 10.2. The molecule has 0 amide bonds. The number of nitrogens with one attached hydrogen (secondary N) is 1. The standard InChI is InChI=1S/C19H13BrN4O2S2.ClH/c1-26-18(25)11-4-6-13(7-5-11)27-15-9-12(20)10-22-16(15)24-19-23-14-3-2-8-21-17(14)28-19;/h2-10H,1H3,(H,22,23,24);1H. The van der Waals surface area contributed by atoms with Gasteiger partial charge in [-0.2, -0.15) is 0 Å². The van der Waals surface area contributed by atoms with Gasteiger partial charge in [-0.3, -0.25) is 0 Å². The van der Waals surface area contributed by atoms with Gasteiger partial charge in [-0.15, -0.1) is 12.4 Å². The number of anilines is 2. The number of aromatic nitrogens is 3. The Morgan fingerprint density at radius 2 is 2.00 bits per heavy atom. The van der Waals surface area contributed by atoms with E-state index in [0.29, 0.717) is 11.4 Å². The highest BCUT2D eigenvalue weighted by molar-refractivity contribution is 9.10. The van der Waals surface area contributed by atoms with E-state index in [9.17, 15) is 4.79 Å². The molecule has 148 valence electrons. The number of esters is 1. The first kappa shape index (κ1) is 21.5. The fraction of sp³-hybridized carbons (Fsp3) is 0.0526. The monoisotopic (exact) mass is 508 g/mol. The first-order valence-electron chi connectivity index (χ1n) is 8.13. The number of nitrogens with zero attached hydrogens (tertiary/aromatic N) is 3. The molecule has 0 unspecified atom stereocenters. The van der Waals surface area contributed by atoms with Gasteiger partial charge in [0.1, 0.15) is 16.2 Å². The number of rotatable bonds is 5. The Hall–Kier alpha value is -2.20. The predicted octanol–water partition coefficient (Wildman–Crippen LogP) is 5.95. The molecule has 0 aliphatic carbocycles. The minimum atomic E-state index is -0.354. The van der Waals surface area contributed by atoms with Crippen LogP contribution >= 0.6 is 51.4 Å². The number of fused-ring (bicyclic) bond motifs is 1. The second-order valence-corrected chi connectivity index (χ2v) is 8.60. The van der Waals surface area contributed by atoms with E-state index >= 15 is 0 Å². The summed E-state index contributed by atoms with van der Waals surface area (Å²) in [6.07, 6.45) is 3.49. The summed E-state index contributed by atoms with van der Waals surface area (Å²) in [6.45, 7) is 0. The average molecular weight is 510 g/mol. The molecule has 0 radical (unpaired) electrons. The van der Waals surface area contributed by atoms with Crippen LogP contribution in [0.3, 0.4) is 0 Å². The van der Waals surface area contributed by atoms with Gasteiger partial charge >= 0.3 is 5.97 Å². The van der Waals surface area contributed by atoms with Gasteiger partial charge in [0, 0.05) is 21.8 Å². The van der Waals surface area contributed by atoms with Gasteiger partial charge in [-0.05, 0) is 58.4 Å². The highest BCUT2D eigenvalue weighted by Gasteiger charge is 2.12. The molecular weight excluding hydrogens is 496 g/mol. The number of hydrogen-bond donors (Lipinski definition) is 1. The normalized spacial score (nSPS) is 10.4. The lowest BCUT2D eigenvalue weighted by Crippen LogP contribution is -2.00. The SMILES string of the molecule is COC(=O)c1ccc(Sc2cc(Br)cnc2Nc2nc3cccnc3s2)cc1.Cl. The minimum absolute atomic E-state index is 0. The van der Waals surface area contributed by atoms with Gasteiger partial charge in [0.2, 0.25) is 0 Å². The van der Waals surface area contributed by atoms with Crippen molar-refractivity contribution in [3.63, 3.8) is 0 Å². The van der Waals surface area contributed by atoms with Crippen molar-refractivity contribution in [1.82, 2.24) is 15.0 Å². The van der Waals surface area contributed by atoms with E-state index in [1.54, 1.807) is 24.5 Å². The second-order valence-electron chi connectivity index (χ2n) is 5.59. The number of carbonyl (C=O) groups excluding carboxylic acids is 1. The summed E-state index contributed by atoms with van der Waals surface area (Å²) in [5, 5.41) is 4.02. The summed E-state index contributed by atoms with van der Waals surface area (Å²) in [7, 11) is 1.37. The third-order valence-corrected chi connectivity index (χ3v) is 6.08. The molecule has 29 heavy (non-hydrogen) atoms. The van der Waals surface area contributed by atoms with Gasteiger partial charge in [-0.25, -0.2) is 19.7 Å². The first-order valence-corrected chi connectivity index (χ1v) is 10.6. The molecular formula is C19H14BrClN4O2S2. The molecule has 0 atom stereocenters. The Morgan fingerprint density at radius 3 is 2.72 bits per heavy atom. The van der Waals surface area contributed by atoms with E-state index in [4.69, 9.17) is 4.74 Å². The molecule has 10 heteroatoms. The number of thiazole rings is 1. The van der Waals surface area contributed by atoms with Crippen molar-refractivity contribution >= 4 is 78.7 Å². The zero-order valence-corrected chi connectivity index (χ0v) is 19.0. The smallest absolute Gasteiger partial charge is 0.337 e.